The lowest BCUT2D eigenvalue weighted by molar-refractivity contribution is -0.134. The van der Waals surface area contributed by atoms with Crippen LogP contribution in [0.15, 0.2) is 42.5 Å². The predicted octanol–water partition coefficient (Wildman–Crippen LogP) is 4.64. The summed E-state index contributed by atoms with van der Waals surface area (Å²) in [5, 5.41) is 2.95. The summed E-state index contributed by atoms with van der Waals surface area (Å²) in [4.78, 5) is 27.4. The van der Waals surface area contributed by atoms with E-state index < -0.39 is 12.1 Å². The number of benzene rings is 2. The maximum atomic E-state index is 14.1. The number of ether oxygens (including phenoxy) is 1. The van der Waals surface area contributed by atoms with E-state index in [-0.39, 0.29) is 23.5 Å². The Morgan fingerprint density at radius 1 is 1.15 bits per heavy atom. The van der Waals surface area contributed by atoms with Crippen molar-refractivity contribution >= 4 is 11.8 Å². The molecule has 2 atom stereocenters. The van der Waals surface area contributed by atoms with Crippen LogP contribution < -0.4 is 10.1 Å². The highest BCUT2D eigenvalue weighted by molar-refractivity contribution is 5.80. The highest BCUT2D eigenvalue weighted by atomic mass is 19.1. The number of rotatable bonds is 8. The van der Waals surface area contributed by atoms with Crippen molar-refractivity contribution in [2.45, 2.75) is 58.6 Å². The van der Waals surface area contributed by atoms with Gasteiger partial charge in [-0.1, -0.05) is 32.0 Å². The van der Waals surface area contributed by atoms with Crippen LogP contribution in [-0.2, 0) is 16.0 Å². The largest absolute Gasteiger partial charge is 0.481 e. The van der Waals surface area contributed by atoms with Gasteiger partial charge in [0.05, 0.1) is 6.04 Å². The van der Waals surface area contributed by atoms with Gasteiger partial charge in [0.25, 0.3) is 5.91 Å². The summed E-state index contributed by atoms with van der Waals surface area (Å²) in [6.07, 6.45) is 2.89. The third kappa shape index (κ3) is 5.73. The van der Waals surface area contributed by atoms with Gasteiger partial charge in [0.2, 0.25) is 5.91 Å². The van der Waals surface area contributed by atoms with Crippen molar-refractivity contribution in [1.29, 1.82) is 0 Å². The van der Waals surface area contributed by atoms with Crippen LogP contribution in [0.2, 0.25) is 0 Å². The number of amides is 2. The molecule has 0 bridgehead atoms. The molecule has 0 spiro atoms. The number of hydrogen-bond acceptors (Lipinski definition) is 3. The van der Waals surface area contributed by atoms with Gasteiger partial charge in [-0.25, -0.2) is 4.39 Å². The van der Waals surface area contributed by atoms with E-state index in [9.17, 15) is 14.0 Å². The van der Waals surface area contributed by atoms with Crippen molar-refractivity contribution in [3.05, 3.63) is 65.0 Å². The highest BCUT2D eigenvalue weighted by Gasteiger charge is 2.33. The Balaban J connectivity index is 1.61. The van der Waals surface area contributed by atoms with Crippen LogP contribution >= 0.6 is 0 Å². The molecule has 2 aromatic carbocycles. The molecule has 5 nitrogen and oxygen atoms in total. The summed E-state index contributed by atoms with van der Waals surface area (Å²) in [5.74, 6) is 1.01. The minimum absolute atomic E-state index is 0.0593. The average Bonchev–Trinajstić information content (AvgIpc) is 3.60. The molecule has 2 amide bonds. The van der Waals surface area contributed by atoms with Crippen LogP contribution in [0, 0.1) is 17.7 Å². The van der Waals surface area contributed by atoms with Crippen LogP contribution in [0.3, 0.4) is 0 Å². The second-order valence-corrected chi connectivity index (χ2v) is 9.70. The van der Waals surface area contributed by atoms with Gasteiger partial charge >= 0.3 is 0 Å². The Bertz CT molecular complexity index is 1020. The average molecular weight is 453 g/mol. The zero-order valence-electron chi connectivity index (χ0n) is 19.6. The van der Waals surface area contributed by atoms with Crippen LogP contribution in [-0.4, -0.2) is 35.9 Å². The van der Waals surface area contributed by atoms with Gasteiger partial charge in [0.15, 0.2) is 6.10 Å². The summed E-state index contributed by atoms with van der Waals surface area (Å²) in [6, 6.07) is 11.8. The fourth-order valence-electron chi connectivity index (χ4n) is 4.41. The monoisotopic (exact) mass is 452 g/mol. The molecule has 1 aliphatic carbocycles. The number of hydrogen-bond donors (Lipinski definition) is 1. The fraction of sp³-hybridized carbons (Fsp3) is 0.481. The number of fused-ring (bicyclic) bond motifs is 1. The molecule has 2 aliphatic rings. The van der Waals surface area contributed by atoms with E-state index in [2.05, 4.69) is 5.32 Å². The molecule has 6 heteroatoms. The van der Waals surface area contributed by atoms with Crippen molar-refractivity contribution in [2.24, 2.45) is 11.8 Å². The molecule has 0 unspecified atom stereocenters. The maximum absolute atomic E-state index is 14.1. The Kier molecular flexibility index (Phi) is 7.01. The lowest BCUT2D eigenvalue weighted by Crippen LogP contribution is -2.41. The van der Waals surface area contributed by atoms with E-state index in [0.717, 1.165) is 23.1 Å². The van der Waals surface area contributed by atoms with E-state index in [0.29, 0.717) is 31.2 Å². The highest BCUT2D eigenvalue weighted by Crippen LogP contribution is 2.38. The third-order valence-corrected chi connectivity index (χ3v) is 6.36. The van der Waals surface area contributed by atoms with Crippen molar-refractivity contribution in [1.82, 2.24) is 10.2 Å². The second-order valence-electron chi connectivity index (χ2n) is 9.70. The molecular formula is C27H33FN2O3. The number of nitrogens with zero attached hydrogens (tertiary/aromatic N) is 1. The molecule has 0 radical (unpaired) electrons. The van der Waals surface area contributed by atoms with Crippen LogP contribution in [0.1, 0.15) is 62.8 Å². The van der Waals surface area contributed by atoms with Gasteiger partial charge in [-0.3, -0.25) is 9.59 Å². The van der Waals surface area contributed by atoms with E-state index >= 15 is 0 Å². The number of halogens is 1. The SMILES string of the molecule is CC(C)CC(=O)N1CCc2ccc(O[C@H](C)C(=O)NCC3CC3)cc2[C@@H]1c1cccc(F)c1. The normalized spacial score (nSPS) is 18.6. The molecular weight excluding hydrogens is 419 g/mol. The Morgan fingerprint density at radius 2 is 1.94 bits per heavy atom. The van der Waals surface area contributed by atoms with Crippen LogP contribution in [0.4, 0.5) is 4.39 Å². The van der Waals surface area contributed by atoms with Gasteiger partial charge in [-0.05, 0) is 79.0 Å². The van der Waals surface area contributed by atoms with Gasteiger partial charge in [-0.2, -0.15) is 0 Å². The molecule has 176 valence electrons. The Labute approximate surface area is 195 Å². The summed E-state index contributed by atoms with van der Waals surface area (Å²) in [7, 11) is 0. The third-order valence-electron chi connectivity index (χ3n) is 6.36. The molecule has 1 N–H and O–H groups in total. The summed E-state index contributed by atoms with van der Waals surface area (Å²) in [5.41, 5.74) is 2.77. The zero-order chi connectivity index (χ0) is 23.5. The number of carbonyl (C=O) groups is 2. The number of nitrogens with one attached hydrogen (secondary N) is 1. The standard InChI is InChI=1S/C27H33FN2O3/c1-17(2)13-25(31)30-12-11-20-9-10-23(33-18(3)27(32)29-16-19-7-8-19)15-24(20)26(30)21-5-4-6-22(28)14-21/h4-6,9-10,14-15,17-19,26H,7-8,11-13,16H2,1-3H3,(H,29,32)/t18-,26+/m1/s1. The molecule has 1 fully saturated rings. The Morgan fingerprint density at radius 3 is 2.64 bits per heavy atom. The first-order valence-corrected chi connectivity index (χ1v) is 11.9. The maximum Gasteiger partial charge on any atom is 0.260 e. The first-order valence-electron chi connectivity index (χ1n) is 11.9. The first-order chi connectivity index (χ1) is 15.8. The van der Waals surface area contributed by atoms with Gasteiger partial charge in [0, 0.05) is 19.5 Å². The fourth-order valence-corrected chi connectivity index (χ4v) is 4.41. The van der Waals surface area contributed by atoms with Gasteiger partial charge in [-0.15, -0.1) is 0 Å². The molecule has 1 saturated carbocycles. The van der Waals surface area contributed by atoms with Crippen molar-refractivity contribution in [2.75, 3.05) is 13.1 Å². The number of carbonyl (C=O) groups excluding carboxylic acids is 2. The van der Waals surface area contributed by atoms with Crippen molar-refractivity contribution in [3.63, 3.8) is 0 Å². The molecule has 2 aromatic rings. The Hall–Kier alpha value is -2.89. The van der Waals surface area contributed by atoms with Crippen molar-refractivity contribution in [3.8, 4) is 5.75 Å². The molecule has 33 heavy (non-hydrogen) atoms. The second kappa shape index (κ2) is 9.94. The molecule has 1 aliphatic heterocycles. The topological polar surface area (TPSA) is 58.6 Å². The summed E-state index contributed by atoms with van der Waals surface area (Å²) >= 11 is 0. The summed E-state index contributed by atoms with van der Waals surface area (Å²) < 4.78 is 20.1. The molecule has 1 heterocycles. The van der Waals surface area contributed by atoms with Crippen LogP contribution in [0.25, 0.3) is 0 Å². The smallest absolute Gasteiger partial charge is 0.260 e. The molecule has 0 saturated heterocycles. The summed E-state index contributed by atoms with van der Waals surface area (Å²) in [6.45, 7) is 7.07. The van der Waals surface area contributed by atoms with Gasteiger partial charge < -0.3 is 15.0 Å². The minimum atomic E-state index is -0.628. The van der Waals surface area contributed by atoms with E-state index in [1.807, 2.05) is 43.0 Å². The van der Waals surface area contributed by atoms with E-state index in [1.54, 1.807) is 13.0 Å². The first kappa shape index (κ1) is 23.3. The van der Waals surface area contributed by atoms with E-state index in [4.69, 9.17) is 4.74 Å². The van der Waals surface area contributed by atoms with Gasteiger partial charge in [0.1, 0.15) is 11.6 Å². The van der Waals surface area contributed by atoms with Crippen LogP contribution in [0.5, 0.6) is 5.75 Å². The lowest BCUT2D eigenvalue weighted by Gasteiger charge is -2.38. The molecule has 0 aromatic heterocycles. The molecule has 4 rings (SSSR count). The lowest BCUT2D eigenvalue weighted by atomic mass is 9.87. The predicted molar refractivity (Wildman–Crippen MR) is 125 cm³/mol. The van der Waals surface area contributed by atoms with Crippen molar-refractivity contribution < 1.29 is 18.7 Å². The zero-order valence-corrected chi connectivity index (χ0v) is 19.6. The minimum Gasteiger partial charge on any atom is -0.481 e. The van der Waals surface area contributed by atoms with E-state index in [1.165, 1.54) is 25.0 Å². The quantitative estimate of drug-likeness (QED) is 0.635.